The lowest BCUT2D eigenvalue weighted by Crippen LogP contribution is -2.32. The fraction of sp³-hybridized carbons (Fsp3) is 0.952. The first-order valence-corrected chi connectivity index (χ1v) is 11.1. The van der Waals surface area contributed by atoms with Gasteiger partial charge in [-0.1, -0.05) is 54.4 Å². The summed E-state index contributed by atoms with van der Waals surface area (Å²) >= 11 is 0. The summed E-state index contributed by atoms with van der Waals surface area (Å²) in [6.45, 7) is 18.9. The van der Waals surface area contributed by atoms with Crippen LogP contribution in [0.2, 0.25) is 0 Å². The highest BCUT2D eigenvalue weighted by Crippen LogP contribution is 2.22. The van der Waals surface area contributed by atoms with Crippen LogP contribution in [0.4, 0.5) is 4.79 Å². The molecule has 11 heteroatoms. The van der Waals surface area contributed by atoms with Crippen molar-refractivity contribution in [2.45, 2.75) is 119 Å². The Morgan fingerprint density at radius 1 is 0.656 bits per heavy atom. The number of rotatable bonds is 18. The minimum absolute atomic E-state index is 0.160. The molecule has 11 nitrogen and oxygen atoms in total. The van der Waals surface area contributed by atoms with Crippen LogP contribution in [-0.2, 0) is 49.2 Å². The predicted octanol–water partition coefficient (Wildman–Crippen LogP) is 5.88. The Morgan fingerprint density at radius 2 is 1.00 bits per heavy atom. The summed E-state index contributed by atoms with van der Waals surface area (Å²) in [5.41, 5.74) is -1.21. The number of carbonyl (C=O) groups is 1. The van der Waals surface area contributed by atoms with Crippen LogP contribution in [0, 0.1) is 11.8 Å². The van der Waals surface area contributed by atoms with Crippen molar-refractivity contribution in [3.8, 4) is 0 Å². The zero-order valence-electron chi connectivity index (χ0n) is 21.1. The molecule has 0 radical (unpaired) electrons. The van der Waals surface area contributed by atoms with Gasteiger partial charge in [-0.25, -0.2) is 4.79 Å². The molecule has 0 rings (SSSR count). The van der Waals surface area contributed by atoms with Crippen LogP contribution in [0.5, 0.6) is 0 Å². The molecule has 0 aliphatic rings. The Bertz CT molecular complexity index is 452. The number of hydrogen-bond donors (Lipinski definition) is 0. The highest BCUT2D eigenvalue weighted by atomic mass is 17.7. The SMILES string of the molecule is CCCC(OOOOC(C)(C)C(C)C)OC(=O)OC(CCC)OOOOC(C)(C)C(C)C. The van der Waals surface area contributed by atoms with E-state index < -0.39 is 29.9 Å². The first kappa shape index (κ1) is 30.9. The average molecular weight is 471 g/mol. The minimum Gasteiger partial charge on any atom is -0.401 e. The van der Waals surface area contributed by atoms with Crippen LogP contribution >= 0.6 is 0 Å². The molecular formula is C21H42O11. The molecule has 0 saturated heterocycles. The summed E-state index contributed by atoms with van der Waals surface area (Å²) in [5, 5.41) is 18.4. The van der Waals surface area contributed by atoms with E-state index in [1.54, 1.807) is 0 Å². The van der Waals surface area contributed by atoms with Gasteiger partial charge in [-0.15, -0.1) is 0 Å². The Labute approximate surface area is 191 Å². The number of hydrogen-bond acceptors (Lipinski definition) is 11. The molecule has 0 aliphatic heterocycles. The second-order valence-electron chi connectivity index (χ2n) is 9.07. The lowest BCUT2D eigenvalue weighted by Gasteiger charge is -2.26. The van der Waals surface area contributed by atoms with Crippen LogP contribution < -0.4 is 0 Å². The summed E-state index contributed by atoms with van der Waals surface area (Å²) in [6.07, 6.45) is -1.32. The Morgan fingerprint density at radius 3 is 1.28 bits per heavy atom. The van der Waals surface area contributed by atoms with Crippen LogP contribution in [0.15, 0.2) is 0 Å². The summed E-state index contributed by atoms with van der Waals surface area (Å²) in [6, 6.07) is 0. The molecule has 0 heterocycles. The normalized spacial score (nSPS) is 14.6. The van der Waals surface area contributed by atoms with Crippen molar-refractivity contribution in [3.63, 3.8) is 0 Å². The topological polar surface area (TPSA) is 109 Å². The smallest absolute Gasteiger partial charge is 0.401 e. The Kier molecular flexibility index (Phi) is 15.2. The van der Waals surface area contributed by atoms with Crippen molar-refractivity contribution in [2.24, 2.45) is 11.8 Å². The van der Waals surface area contributed by atoms with Crippen LogP contribution in [-0.4, -0.2) is 29.9 Å². The monoisotopic (exact) mass is 470 g/mol. The van der Waals surface area contributed by atoms with Crippen molar-refractivity contribution < 1.29 is 54.0 Å². The quantitative estimate of drug-likeness (QED) is 0.0786. The molecule has 0 amide bonds. The lowest BCUT2D eigenvalue weighted by molar-refractivity contribution is -0.668. The third-order valence-corrected chi connectivity index (χ3v) is 5.13. The Hall–Kier alpha value is -1.05. The molecule has 0 fully saturated rings. The lowest BCUT2D eigenvalue weighted by atomic mass is 9.95. The first-order chi connectivity index (χ1) is 14.9. The van der Waals surface area contributed by atoms with Crippen molar-refractivity contribution >= 4 is 6.16 Å². The van der Waals surface area contributed by atoms with E-state index in [-0.39, 0.29) is 11.8 Å². The third-order valence-electron chi connectivity index (χ3n) is 5.13. The molecule has 2 atom stereocenters. The molecule has 2 unspecified atom stereocenters. The Balaban J connectivity index is 4.47. The van der Waals surface area contributed by atoms with E-state index in [1.807, 2.05) is 69.2 Å². The van der Waals surface area contributed by atoms with Gasteiger partial charge in [0.15, 0.2) is 0 Å². The van der Waals surface area contributed by atoms with Crippen LogP contribution in [0.1, 0.15) is 94.9 Å². The van der Waals surface area contributed by atoms with E-state index in [4.69, 9.17) is 29.0 Å². The van der Waals surface area contributed by atoms with E-state index in [2.05, 4.69) is 20.2 Å². The molecule has 0 aliphatic carbocycles. The van der Waals surface area contributed by atoms with E-state index in [1.165, 1.54) is 0 Å². The fourth-order valence-corrected chi connectivity index (χ4v) is 1.48. The summed E-state index contributed by atoms with van der Waals surface area (Å²) < 4.78 is 10.2. The zero-order valence-corrected chi connectivity index (χ0v) is 21.1. The summed E-state index contributed by atoms with van der Waals surface area (Å²) in [5.74, 6) is 0.319. The summed E-state index contributed by atoms with van der Waals surface area (Å²) in [7, 11) is 0. The van der Waals surface area contributed by atoms with Gasteiger partial charge in [-0.05, 0) is 59.7 Å². The molecule has 0 spiro atoms. The van der Waals surface area contributed by atoms with Gasteiger partial charge in [0.1, 0.15) is 11.2 Å². The van der Waals surface area contributed by atoms with E-state index in [0.717, 1.165) is 0 Å². The molecule has 0 saturated carbocycles. The van der Waals surface area contributed by atoms with E-state index >= 15 is 0 Å². The molecule has 0 aromatic rings. The standard InChI is InChI=1S/C21H42O11/c1-11-13-17(25-29-31-27-20(7,8)15(3)4)23-19(22)24-18(14-12-2)26-30-32-28-21(9,10)16(5)6/h15-18H,11-14H2,1-10H3. The molecular weight excluding hydrogens is 428 g/mol. The molecule has 32 heavy (non-hydrogen) atoms. The summed E-state index contributed by atoms with van der Waals surface area (Å²) in [4.78, 5) is 32.3. The van der Waals surface area contributed by atoms with Crippen molar-refractivity contribution in [3.05, 3.63) is 0 Å². The maximum absolute atomic E-state index is 12.1. The average Bonchev–Trinajstić information content (AvgIpc) is 2.68. The molecule has 0 aromatic carbocycles. The number of carbonyl (C=O) groups excluding carboxylic acids is 1. The van der Waals surface area contributed by atoms with E-state index in [0.29, 0.717) is 25.7 Å². The third kappa shape index (κ3) is 13.5. The van der Waals surface area contributed by atoms with Crippen molar-refractivity contribution in [1.82, 2.24) is 0 Å². The van der Waals surface area contributed by atoms with Gasteiger partial charge in [0.2, 0.25) is 12.6 Å². The van der Waals surface area contributed by atoms with Gasteiger partial charge in [0.05, 0.1) is 0 Å². The first-order valence-electron chi connectivity index (χ1n) is 11.1. The van der Waals surface area contributed by atoms with Gasteiger partial charge < -0.3 is 9.47 Å². The maximum Gasteiger partial charge on any atom is 0.513 e. The largest absolute Gasteiger partial charge is 0.513 e. The highest BCUT2D eigenvalue weighted by molar-refractivity contribution is 5.60. The van der Waals surface area contributed by atoms with Gasteiger partial charge in [0, 0.05) is 12.8 Å². The van der Waals surface area contributed by atoms with Gasteiger partial charge in [-0.3, -0.25) is 0 Å². The van der Waals surface area contributed by atoms with Crippen molar-refractivity contribution in [1.29, 1.82) is 0 Å². The number of ether oxygens (including phenoxy) is 2. The van der Waals surface area contributed by atoms with E-state index in [9.17, 15) is 4.79 Å². The predicted molar refractivity (Wildman–Crippen MR) is 111 cm³/mol. The maximum atomic E-state index is 12.1. The van der Waals surface area contributed by atoms with Crippen LogP contribution in [0.25, 0.3) is 0 Å². The zero-order chi connectivity index (χ0) is 24.8. The second kappa shape index (κ2) is 15.7. The fourth-order valence-electron chi connectivity index (χ4n) is 1.48. The molecule has 192 valence electrons. The molecule has 0 bridgehead atoms. The van der Waals surface area contributed by atoms with Crippen LogP contribution in [0.3, 0.4) is 0 Å². The van der Waals surface area contributed by atoms with Crippen molar-refractivity contribution in [2.75, 3.05) is 0 Å². The molecule has 0 N–H and O–H groups in total. The van der Waals surface area contributed by atoms with Gasteiger partial charge in [0.25, 0.3) is 0 Å². The van der Waals surface area contributed by atoms with Gasteiger partial charge >= 0.3 is 6.16 Å². The second-order valence-corrected chi connectivity index (χ2v) is 9.07. The van der Waals surface area contributed by atoms with Gasteiger partial charge in [-0.2, -0.15) is 19.6 Å². The highest BCUT2D eigenvalue weighted by Gasteiger charge is 2.28. The molecule has 0 aromatic heterocycles. The minimum atomic E-state index is -1.09.